The maximum Gasteiger partial charge on any atom is 0.0954 e. The number of hydrogen-bond donors (Lipinski definition) is 1. The summed E-state index contributed by atoms with van der Waals surface area (Å²) in [6.45, 7) is 7.35. The molecule has 0 fully saturated rings. The second-order valence-electron chi connectivity index (χ2n) is 5.78. The highest BCUT2D eigenvalue weighted by Gasteiger charge is 2.19. The molecule has 0 spiro atoms. The van der Waals surface area contributed by atoms with Crippen LogP contribution in [0.2, 0.25) is 0 Å². The molecule has 0 unspecified atom stereocenters. The van der Waals surface area contributed by atoms with Gasteiger partial charge in [0, 0.05) is 36.6 Å². The zero-order valence-electron chi connectivity index (χ0n) is 12.1. The zero-order valence-corrected chi connectivity index (χ0v) is 12.9. The van der Waals surface area contributed by atoms with Crippen molar-refractivity contribution in [3.8, 4) is 0 Å². The normalized spacial score (nSPS) is 15.6. The minimum atomic E-state index is 0.520. The summed E-state index contributed by atoms with van der Waals surface area (Å²) in [7, 11) is 0. The molecule has 0 radical (unpaired) electrons. The Hall–Kier alpha value is -1.39. The first-order valence-electron chi connectivity index (χ1n) is 7.16. The lowest BCUT2D eigenvalue weighted by molar-refractivity contribution is 0.243. The van der Waals surface area contributed by atoms with Crippen LogP contribution in [0.1, 0.15) is 41.6 Å². The SMILES string of the molecule is CC(C)c1nc(CN2CCc3cccc(N)c3C2)cs1. The lowest BCUT2D eigenvalue weighted by atomic mass is 9.98. The predicted octanol–water partition coefficient (Wildman–Crippen LogP) is 3.41. The smallest absolute Gasteiger partial charge is 0.0954 e. The molecule has 4 heteroatoms. The third-order valence-electron chi connectivity index (χ3n) is 3.84. The molecule has 3 rings (SSSR count). The molecule has 0 atom stereocenters. The second-order valence-corrected chi connectivity index (χ2v) is 6.67. The molecule has 2 heterocycles. The van der Waals surface area contributed by atoms with Crippen LogP contribution in [0.15, 0.2) is 23.6 Å². The van der Waals surface area contributed by atoms with Crippen molar-refractivity contribution in [1.82, 2.24) is 9.88 Å². The van der Waals surface area contributed by atoms with Gasteiger partial charge in [-0.3, -0.25) is 4.90 Å². The van der Waals surface area contributed by atoms with Crippen molar-refractivity contribution < 1.29 is 0 Å². The summed E-state index contributed by atoms with van der Waals surface area (Å²) in [5.74, 6) is 0.520. The van der Waals surface area contributed by atoms with Crippen LogP contribution in [0.3, 0.4) is 0 Å². The van der Waals surface area contributed by atoms with Crippen LogP contribution in [0.5, 0.6) is 0 Å². The molecule has 1 aliphatic rings. The summed E-state index contributed by atoms with van der Waals surface area (Å²) in [6.07, 6.45) is 1.08. The molecule has 2 aromatic rings. The van der Waals surface area contributed by atoms with E-state index < -0.39 is 0 Å². The number of thiazole rings is 1. The van der Waals surface area contributed by atoms with Crippen molar-refractivity contribution in [2.24, 2.45) is 0 Å². The van der Waals surface area contributed by atoms with E-state index >= 15 is 0 Å². The van der Waals surface area contributed by atoms with Gasteiger partial charge in [-0.2, -0.15) is 0 Å². The standard InChI is InChI=1S/C16H21N3S/c1-11(2)16-18-13(10-20-16)8-19-7-6-12-4-3-5-15(17)14(12)9-19/h3-5,10-11H,6-9,17H2,1-2H3. The molecule has 20 heavy (non-hydrogen) atoms. The summed E-state index contributed by atoms with van der Waals surface area (Å²) in [5, 5.41) is 3.43. The topological polar surface area (TPSA) is 42.2 Å². The van der Waals surface area contributed by atoms with Crippen LogP contribution < -0.4 is 5.73 Å². The Morgan fingerprint density at radius 3 is 3.00 bits per heavy atom. The van der Waals surface area contributed by atoms with Crippen molar-refractivity contribution in [1.29, 1.82) is 0 Å². The van der Waals surface area contributed by atoms with E-state index in [1.54, 1.807) is 11.3 Å². The second kappa shape index (κ2) is 5.54. The fraction of sp³-hybridized carbons (Fsp3) is 0.438. The van der Waals surface area contributed by atoms with E-state index in [1.165, 1.54) is 21.8 Å². The number of anilines is 1. The highest BCUT2D eigenvalue weighted by molar-refractivity contribution is 7.09. The maximum absolute atomic E-state index is 6.10. The van der Waals surface area contributed by atoms with Crippen LogP contribution in [-0.4, -0.2) is 16.4 Å². The van der Waals surface area contributed by atoms with Gasteiger partial charge in [-0.25, -0.2) is 4.98 Å². The third-order valence-corrected chi connectivity index (χ3v) is 5.03. The van der Waals surface area contributed by atoms with Crippen molar-refractivity contribution in [3.05, 3.63) is 45.4 Å². The maximum atomic E-state index is 6.10. The van der Waals surface area contributed by atoms with Crippen molar-refractivity contribution >= 4 is 17.0 Å². The Kier molecular flexibility index (Phi) is 3.76. The van der Waals surface area contributed by atoms with Gasteiger partial charge in [0.15, 0.2) is 0 Å². The van der Waals surface area contributed by atoms with Crippen molar-refractivity contribution in [2.75, 3.05) is 12.3 Å². The molecule has 0 amide bonds. The van der Waals surface area contributed by atoms with Crippen LogP contribution in [0.4, 0.5) is 5.69 Å². The minimum Gasteiger partial charge on any atom is -0.398 e. The molecular formula is C16H21N3S. The summed E-state index contributed by atoms with van der Waals surface area (Å²) < 4.78 is 0. The van der Waals surface area contributed by atoms with Gasteiger partial charge in [0.25, 0.3) is 0 Å². The van der Waals surface area contributed by atoms with Crippen LogP contribution in [0.25, 0.3) is 0 Å². The summed E-state index contributed by atoms with van der Waals surface area (Å²) in [4.78, 5) is 7.17. The number of rotatable bonds is 3. The number of nitrogen functional groups attached to an aromatic ring is 1. The number of nitrogens with zero attached hydrogens (tertiary/aromatic N) is 2. The molecule has 1 aliphatic heterocycles. The Morgan fingerprint density at radius 1 is 1.40 bits per heavy atom. The van der Waals surface area contributed by atoms with Crippen LogP contribution >= 0.6 is 11.3 Å². The Bertz CT molecular complexity index is 604. The molecule has 106 valence electrons. The molecular weight excluding hydrogens is 266 g/mol. The lowest BCUT2D eigenvalue weighted by Crippen LogP contribution is -2.30. The molecule has 2 N–H and O–H groups in total. The summed E-state index contributed by atoms with van der Waals surface area (Å²) in [6, 6.07) is 6.25. The first-order chi connectivity index (χ1) is 9.63. The first-order valence-corrected chi connectivity index (χ1v) is 8.04. The van der Waals surface area contributed by atoms with E-state index in [9.17, 15) is 0 Å². The number of benzene rings is 1. The van der Waals surface area contributed by atoms with E-state index in [0.29, 0.717) is 5.92 Å². The van der Waals surface area contributed by atoms with Gasteiger partial charge in [-0.1, -0.05) is 26.0 Å². The molecule has 0 saturated carbocycles. The van der Waals surface area contributed by atoms with Crippen molar-refractivity contribution in [2.45, 2.75) is 39.3 Å². The fourth-order valence-electron chi connectivity index (χ4n) is 2.69. The molecule has 1 aromatic carbocycles. The monoisotopic (exact) mass is 287 g/mol. The largest absolute Gasteiger partial charge is 0.398 e. The molecule has 3 nitrogen and oxygen atoms in total. The van der Waals surface area contributed by atoms with E-state index in [1.807, 2.05) is 6.07 Å². The third kappa shape index (κ3) is 2.72. The number of hydrogen-bond acceptors (Lipinski definition) is 4. The number of nitrogens with two attached hydrogens (primary N) is 1. The summed E-state index contributed by atoms with van der Waals surface area (Å²) >= 11 is 1.77. The molecule has 0 bridgehead atoms. The quantitative estimate of drug-likeness (QED) is 0.880. The number of fused-ring (bicyclic) bond motifs is 1. The van der Waals surface area contributed by atoms with E-state index in [2.05, 4.69) is 36.3 Å². The Morgan fingerprint density at radius 2 is 2.25 bits per heavy atom. The Balaban J connectivity index is 1.72. The van der Waals surface area contributed by atoms with Gasteiger partial charge in [-0.15, -0.1) is 11.3 Å². The van der Waals surface area contributed by atoms with Gasteiger partial charge < -0.3 is 5.73 Å². The van der Waals surface area contributed by atoms with Crippen molar-refractivity contribution in [3.63, 3.8) is 0 Å². The average Bonchev–Trinajstić information content (AvgIpc) is 2.88. The highest BCUT2D eigenvalue weighted by atomic mass is 32.1. The van der Waals surface area contributed by atoms with Gasteiger partial charge in [-0.05, 0) is 23.6 Å². The van der Waals surface area contributed by atoms with E-state index in [4.69, 9.17) is 10.7 Å². The van der Waals surface area contributed by atoms with Crippen LogP contribution in [-0.2, 0) is 19.5 Å². The van der Waals surface area contributed by atoms with Crippen LogP contribution in [0, 0.1) is 0 Å². The Labute approximate surface area is 124 Å². The minimum absolute atomic E-state index is 0.520. The zero-order chi connectivity index (χ0) is 14.1. The van der Waals surface area contributed by atoms with Gasteiger partial charge in [0.05, 0.1) is 10.7 Å². The van der Waals surface area contributed by atoms with E-state index in [0.717, 1.165) is 31.7 Å². The van der Waals surface area contributed by atoms with Gasteiger partial charge >= 0.3 is 0 Å². The molecule has 1 aromatic heterocycles. The lowest BCUT2D eigenvalue weighted by Gasteiger charge is -2.29. The predicted molar refractivity (Wildman–Crippen MR) is 84.9 cm³/mol. The summed E-state index contributed by atoms with van der Waals surface area (Å²) in [5.41, 5.74) is 10.9. The highest BCUT2D eigenvalue weighted by Crippen LogP contribution is 2.26. The molecule has 0 saturated heterocycles. The van der Waals surface area contributed by atoms with E-state index in [-0.39, 0.29) is 0 Å². The molecule has 0 aliphatic carbocycles. The van der Waals surface area contributed by atoms with Gasteiger partial charge in [0.2, 0.25) is 0 Å². The van der Waals surface area contributed by atoms with Gasteiger partial charge in [0.1, 0.15) is 0 Å². The number of aromatic nitrogens is 1. The fourth-order valence-corrected chi connectivity index (χ4v) is 3.51. The first kappa shape index (κ1) is 13.6. The average molecular weight is 287 g/mol.